The Morgan fingerprint density at radius 3 is 3.39 bits per heavy atom. The van der Waals surface area contributed by atoms with Gasteiger partial charge in [-0.05, 0) is 44.3 Å². The Labute approximate surface area is 150 Å². The van der Waals surface area contributed by atoms with E-state index in [0.717, 1.165) is 4.90 Å². The zero-order valence-corrected chi connectivity index (χ0v) is 12.1. The molecule has 5 nitrogen and oxygen atoms in total. The Morgan fingerprint density at radius 1 is 1.61 bits per heavy atom. The molecule has 2 heterocycles. The number of rotatable bonds is 2. The maximum atomic E-state index is 13.1. The van der Waals surface area contributed by atoms with Gasteiger partial charge in [-0.25, -0.2) is 0 Å². The molecule has 23 heavy (non-hydrogen) atoms. The van der Waals surface area contributed by atoms with Gasteiger partial charge in [0, 0.05) is 24.9 Å². The first-order chi connectivity index (χ1) is 15.5. The SMILES string of the molecule is [2H]O[C@@]12CCC(=O)C3Oc4c(OC([2H])([2H])[2H])c([2H])c([2H])c5c4[C@@]31CCN(C([2H])([2H])[2H])[C@@H]2C5([2H])[2H]. The van der Waals surface area contributed by atoms with Gasteiger partial charge < -0.3 is 19.5 Å². The minimum absolute atomic E-state index is 0.0375. The highest BCUT2D eigenvalue weighted by atomic mass is 16.5. The van der Waals surface area contributed by atoms with Crippen LogP contribution in [-0.2, 0) is 16.6 Å². The fourth-order valence-corrected chi connectivity index (χ4v) is 4.83. The number of aliphatic hydroxyl groups is 1. The van der Waals surface area contributed by atoms with E-state index in [1.807, 2.05) is 0 Å². The number of hydrogen-bond donors (Lipinski definition) is 1. The summed E-state index contributed by atoms with van der Waals surface area (Å²) in [6.45, 7) is -2.97. The lowest BCUT2D eigenvalue weighted by molar-refractivity contribution is -0.185. The van der Waals surface area contributed by atoms with Crippen molar-refractivity contribution in [2.24, 2.45) is 0 Å². The molecule has 0 aromatic heterocycles. The molecule has 1 saturated carbocycles. The van der Waals surface area contributed by atoms with Gasteiger partial charge in [0.25, 0.3) is 0 Å². The summed E-state index contributed by atoms with van der Waals surface area (Å²) in [5.74, 6) is -1.36. The van der Waals surface area contributed by atoms with E-state index in [2.05, 4.69) is 0 Å². The second-order valence-corrected chi connectivity index (χ2v) is 6.58. The van der Waals surface area contributed by atoms with Crippen LogP contribution in [0.3, 0.4) is 0 Å². The maximum absolute atomic E-state index is 13.1. The molecule has 2 fully saturated rings. The van der Waals surface area contributed by atoms with E-state index in [-0.39, 0.29) is 42.7 Å². The molecule has 122 valence electrons. The Morgan fingerprint density at radius 2 is 2.57 bits per heavy atom. The van der Waals surface area contributed by atoms with E-state index < -0.39 is 67.2 Å². The lowest BCUT2D eigenvalue weighted by Crippen LogP contribution is -2.76. The Bertz CT molecular complexity index is 1100. The summed E-state index contributed by atoms with van der Waals surface area (Å²) >= 11 is 0. The normalized spacial score (nSPS) is 50.8. The number of piperidine rings is 1. The number of methoxy groups -OCH3 is 1. The third-order valence-electron chi connectivity index (χ3n) is 5.79. The quantitative estimate of drug-likeness (QED) is 0.880. The van der Waals surface area contributed by atoms with E-state index in [4.69, 9.17) is 29.7 Å². The zero-order valence-electron chi connectivity index (χ0n) is 23.1. The van der Waals surface area contributed by atoms with Crippen molar-refractivity contribution in [2.45, 2.75) is 48.8 Å². The number of nitrogens with zero attached hydrogens (tertiary/aromatic N) is 1. The maximum Gasteiger partial charge on any atom is 0.211 e. The standard InChI is InChI=1S/C18H21NO4/c1-19-8-7-17-14-10-3-4-12(22-2)15(14)23-16(17)11(20)5-6-18(17,21)13(19)9-10/h3-4,13,16,21H,5-9H2,1-2H3/t13-,16?,17+,18-/m1/s1/i1D3,2D3,3D,4D,9D2,21D. The lowest BCUT2D eigenvalue weighted by Gasteiger charge is -2.62. The van der Waals surface area contributed by atoms with Crippen LogP contribution in [0.5, 0.6) is 11.5 Å². The van der Waals surface area contributed by atoms with Gasteiger partial charge in [0.1, 0.15) is 0 Å². The molecule has 0 radical (unpaired) electrons. The van der Waals surface area contributed by atoms with Crippen LogP contribution in [0.2, 0.25) is 0 Å². The van der Waals surface area contributed by atoms with Gasteiger partial charge in [0.2, 0.25) is 1.43 Å². The molecule has 1 spiro atoms. The topological polar surface area (TPSA) is 59.0 Å². The molecular formula is C18H21NO4. The van der Waals surface area contributed by atoms with Crippen molar-refractivity contribution in [3.8, 4) is 11.5 Å². The molecule has 1 aromatic carbocycles. The molecule has 5 heteroatoms. The van der Waals surface area contributed by atoms with Crippen molar-refractivity contribution >= 4 is 5.78 Å². The van der Waals surface area contributed by atoms with Crippen LogP contribution >= 0.6 is 0 Å². The Balaban J connectivity index is 1.93. The molecule has 2 aliphatic heterocycles. The molecule has 1 saturated heterocycles. The van der Waals surface area contributed by atoms with Crippen LogP contribution in [0.1, 0.15) is 44.1 Å². The van der Waals surface area contributed by atoms with Gasteiger partial charge >= 0.3 is 0 Å². The van der Waals surface area contributed by atoms with Gasteiger partial charge in [-0.3, -0.25) is 4.79 Å². The summed E-state index contributed by atoms with van der Waals surface area (Å²) in [6, 6.07) is -3.05. The molecule has 1 aromatic rings. The second-order valence-electron chi connectivity index (χ2n) is 6.58. The molecule has 1 N–H and O–H groups in total. The van der Waals surface area contributed by atoms with Gasteiger partial charge in [-0.15, -0.1) is 0 Å². The highest BCUT2D eigenvalue weighted by molar-refractivity contribution is 5.90. The number of ether oxygens (including phenoxy) is 2. The minimum Gasteiger partial charge on any atom is -0.493 e. The number of likely N-dealkylation sites (N-methyl/N-ethyl adjacent to an activating group) is 1. The van der Waals surface area contributed by atoms with Crippen LogP contribution in [0.25, 0.3) is 0 Å². The number of benzene rings is 1. The van der Waals surface area contributed by atoms with Crippen molar-refractivity contribution in [1.29, 1.82) is 1.43 Å². The van der Waals surface area contributed by atoms with Crippen molar-refractivity contribution in [3.63, 3.8) is 0 Å². The summed E-state index contributed by atoms with van der Waals surface area (Å²) in [5.41, 5.74) is -3.81. The first-order valence-electron chi connectivity index (χ1n) is 12.9. The predicted octanol–water partition coefficient (Wildman–Crippen LogP) is 1.05. The molecule has 2 bridgehead atoms. The molecule has 2 aliphatic carbocycles. The first-order valence-corrected chi connectivity index (χ1v) is 7.52. The fourth-order valence-electron chi connectivity index (χ4n) is 4.83. The average molecular weight is 326 g/mol. The van der Waals surface area contributed by atoms with E-state index in [1.54, 1.807) is 0 Å². The second kappa shape index (κ2) is 4.08. The number of likely N-dealkylation sites (tertiary alicyclic amines) is 1. The Kier molecular flexibility index (Phi) is 1.19. The van der Waals surface area contributed by atoms with E-state index in [9.17, 15) is 4.79 Å². The number of Topliss-reactive ketones (excluding diaryl/α,β-unsaturated/α-hetero) is 1. The van der Waals surface area contributed by atoms with Crippen LogP contribution in [0.15, 0.2) is 12.1 Å². The van der Waals surface area contributed by atoms with E-state index >= 15 is 0 Å². The van der Waals surface area contributed by atoms with Gasteiger partial charge in [-0.2, -0.15) is 0 Å². The molecular weight excluding hydrogens is 294 g/mol. The molecule has 0 amide bonds. The summed E-state index contributed by atoms with van der Waals surface area (Å²) in [4.78, 5) is 14.0. The monoisotopic (exact) mass is 326 g/mol. The molecule has 4 aliphatic rings. The number of hydrogen-bond acceptors (Lipinski definition) is 5. The van der Waals surface area contributed by atoms with Crippen molar-refractivity contribution < 1.29 is 33.1 Å². The number of ketones is 1. The van der Waals surface area contributed by atoms with Crippen molar-refractivity contribution in [2.75, 3.05) is 20.6 Å². The van der Waals surface area contributed by atoms with Gasteiger partial charge in [0.15, 0.2) is 23.4 Å². The first kappa shape index (κ1) is 6.73. The highest BCUT2D eigenvalue weighted by Gasteiger charge is 2.72. The fraction of sp³-hybridized carbons (Fsp3) is 0.611. The average Bonchev–Trinajstić information content (AvgIpc) is 3.04. The molecule has 1 unspecified atom stereocenters. The third-order valence-corrected chi connectivity index (χ3v) is 5.79. The summed E-state index contributed by atoms with van der Waals surface area (Å²) in [6.07, 6.45) is -4.41. The van der Waals surface area contributed by atoms with Gasteiger partial charge in [-0.1, -0.05) is 6.04 Å². The van der Waals surface area contributed by atoms with Crippen molar-refractivity contribution in [1.82, 2.24) is 4.90 Å². The number of carbonyl (C=O) groups excluding carboxylic acids is 1. The molecule has 5 rings (SSSR count). The van der Waals surface area contributed by atoms with Crippen LogP contribution < -0.4 is 9.47 Å². The van der Waals surface area contributed by atoms with Gasteiger partial charge in [0.05, 0.1) is 24.9 Å². The summed E-state index contributed by atoms with van der Waals surface area (Å²) in [5, 5.41) is 5.25. The smallest absolute Gasteiger partial charge is 0.211 e. The number of carbonyl (C=O) groups is 1. The lowest BCUT2D eigenvalue weighted by atomic mass is 9.49. The van der Waals surface area contributed by atoms with Crippen LogP contribution in [0.4, 0.5) is 0 Å². The van der Waals surface area contributed by atoms with Crippen LogP contribution in [0, 0.1) is 0 Å². The van der Waals surface area contributed by atoms with E-state index in [0.29, 0.717) is 0 Å². The zero-order chi connectivity index (χ0) is 25.2. The highest BCUT2D eigenvalue weighted by Crippen LogP contribution is 2.64. The summed E-state index contributed by atoms with van der Waals surface area (Å²) < 4.78 is 100. The third kappa shape index (κ3) is 1.32. The Hall–Kier alpha value is -1.59. The summed E-state index contributed by atoms with van der Waals surface area (Å²) in [7, 11) is -3.03. The minimum atomic E-state index is -3.03. The van der Waals surface area contributed by atoms with Crippen LogP contribution in [-0.4, -0.2) is 55.5 Å². The predicted molar refractivity (Wildman–Crippen MR) is 83.0 cm³/mol. The van der Waals surface area contributed by atoms with Crippen molar-refractivity contribution in [3.05, 3.63) is 23.2 Å². The largest absolute Gasteiger partial charge is 0.493 e. The van der Waals surface area contributed by atoms with E-state index in [1.165, 1.54) is 0 Å². The molecule has 4 atom stereocenters.